The highest BCUT2D eigenvalue weighted by atomic mass is 35.5. The lowest BCUT2D eigenvalue weighted by Crippen LogP contribution is -2.51. The molecule has 3 saturated heterocycles. The minimum Gasteiger partial charge on any atom is -0.462 e. The largest absolute Gasteiger partial charge is 0.462 e. The summed E-state index contributed by atoms with van der Waals surface area (Å²) in [5.74, 6) is -0.638. The van der Waals surface area contributed by atoms with Crippen molar-refractivity contribution < 1.29 is 13.5 Å². The van der Waals surface area contributed by atoms with Crippen LogP contribution in [0.1, 0.15) is 31.2 Å². The van der Waals surface area contributed by atoms with Gasteiger partial charge in [0.2, 0.25) is 0 Å². The summed E-state index contributed by atoms with van der Waals surface area (Å²) in [5.41, 5.74) is 6.52. The molecular weight excluding hydrogens is 568 g/mol. The van der Waals surface area contributed by atoms with Gasteiger partial charge in [0.05, 0.1) is 15.3 Å². The Morgan fingerprint density at radius 1 is 1.22 bits per heavy atom. The van der Waals surface area contributed by atoms with Crippen molar-refractivity contribution in [1.29, 1.82) is 5.26 Å². The van der Waals surface area contributed by atoms with Gasteiger partial charge in [0.15, 0.2) is 5.82 Å². The summed E-state index contributed by atoms with van der Waals surface area (Å²) in [5, 5.41) is 14.4. The molecule has 4 aromatic rings. The molecule has 7 rings (SSSR count). The molecule has 3 aliphatic heterocycles. The molecule has 212 valence electrons. The minimum absolute atomic E-state index is 0.0324. The van der Waals surface area contributed by atoms with Gasteiger partial charge >= 0.3 is 6.01 Å². The van der Waals surface area contributed by atoms with Crippen LogP contribution in [0.2, 0.25) is 5.02 Å². The van der Waals surface area contributed by atoms with Crippen LogP contribution in [0, 0.1) is 23.0 Å². The van der Waals surface area contributed by atoms with Gasteiger partial charge in [-0.3, -0.25) is 0 Å². The van der Waals surface area contributed by atoms with E-state index in [1.54, 1.807) is 6.07 Å². The number of halogens is 3. The van der Waals surface area contributed by atoms with E-state index >= 15 is 4.39 Å². The first-order chi connectivity index (χ1) is 19.8. The number of rotatable bonds is 5. The first-order valence-corrected chi connectivity index (χ1v) is 15.0. The highest BCUT2D eigenvalue weighted by Gasteiger charge is 2.35. The average Bonchev–Trinajstić information content (AvgIpc) is 3.63. The molecule has 2 bridgehead atoms. The first-order valence-electron chi connectivity index (χ1n) is 13.8. The van der Waals surface area contributed by atoms with Crippen LogP contribution in [0.5, 0.6) is 6.01 Å². The Hall–Kier alpha value is -3.30. The van der Waals surface area contributed by atoms with Crippen molar-refractivity contribution in [3.05, 3.63) is 40.4 Å². The number of hydrogen-bond donors (Lipinski definition) is 2. The van der Waals surface area contributed by atoms with Gasteiger partial charge in [-0.1, -0.05) is 17.7 Å². The van der Waals surface area contributed by atoms with E-state index in [-0.39, 0.29) is 54.4 Å². The summed E-state index contributed by atoms with van der Waals surface area (Å²) in [7, 11) is 2.06. The van der Waals surface area contributed by atoms with Crippen LogP contribution in [0.4, 0.5) is 19.6 Å². The third-order valence-corrected chi connectivity index (χ3v) is 9.96. The highest BCUT2D eigenvalue weighted by molar-refractivity contribution is 7.23. The second-order valence-electron chi connectivity index (χ2n) is 11.2. The lowest BCUT2D eigenvalue weighted by molar-refractivity contribution is 0.188. The Bertz CT molecular complexity index is 1730. The molecule has 0 aliphatic carbocycles. The maximum absolute atomic E-state index is 16.7. The van der Waals surface area contributed by atoms with Crippen molar-refractivity contribution in [2.24, 2.45) is 0 Å². The molecule has 0 saturated carbocycles. The molecule has 0 spiro atoms. The van der Waals surface area contributed by atoms with Gasteiger partial charge in [0, 0.05) is 47.6 Å². The zero-order chi connectivity index (χ0) is 28.4. The molecule has 0 amide bonds. The lowest BCUT2D eigenvalue weighted by Gasteiger charge is -2.34. The van der Waals surface area contributed by atoms with Gasteiger partial charge in [-0.2, -0.15) is 15.2 Å². The van der Waals surface area contributed by atoms with Crippen LogP contribution < -0.4 is 20.7 Å². The molecular formula is C29H28ClF2N7OS. The maximum Gasteiger partial charge on any atom is 0.319 e. The lowest BCUT2D eigenvalue weighted by atomic mass is 9.97. The topological polar surface area (TPSA) is 103 Å². The molecule has 2 unspecified atom stereocenters. The Kier molecular flexibility index (Phi) is 6.62. The Labute approximate surface area is 244 Å². The third kappa shape index (κ3) is 4.45. The number of thiophene rings is 1. The van der Waals surface area contributed by atoms with Crippen LogP contribution in [0.15, 0.2) is 18.2 Å². The third-order valence-electron chi connectivity index (χ3n) is 8.63. The van der Waals surface area contributed by atoms with E-state index in [0.717, 1.165) is 56.7 Å². The molecule has 3 aliphatic rings. The van der Waals surface area contributed by atoms with Gasteiger partial charge in [-0.15, -0.1) is 11.3 Å². The van der Waals surface area contributed by atoms with Crippen molar-refractivity contribution in [3.63, 3.8) is 0 Å². The van der Waals surface area contributed by atoms with E-state index in [0.29, 0.717) is 29.9 Å². The van der Waals surface area contributed by atoms with Crippen molar-refractivity contribution in [2.75, 3.05) is 43.9 Å². The molecule has 2 aromatic carbocycles. The Morgan fingerprint density at radius 3 is 2.71 bits per heavy atom. The summed E-state index contributed by atoms with van der Waals surface area (Å²) in [4.78, 5) is 13.8. The van der Waals surface area contributed by atoms with Gasteiger partial charge in [0.1, 0.15) is 34.8 Å². The molecule has 5 heterocycles. The number of anilines is 2. The molecule has 3 fully saturated rings. The highest BCUT2D eigenvalue weighted by Crippen LogP contribution is 2.46. The number of likely N-dealkylation sites (tertiary alicyclic amines) is 1. The van der Waals surface area contributed by atoms with E-state index < -0.39 is 11.6 Å². The number of nitriles is 1. The number of aromatic nitrogens is 2. The fourth-order valence-electron chi connectivity index (χ4n) is 6.55. The maximum atomic E-state index is 16.7. The number of nitrogens with one attached hydrogen (secondary N) is 1. The molecule has 12 heteroatoms. The van der Waals surface area contributed by atoms with Crippen LogP contribution >= 0.6 is 22.9 Å². The molecule has 3 atom stereocenters. The number of piperazine rings is 1. The number of fused-ring (bicyclic) bond motifs is 4. The van der Waals surface area contributed by atoms with E-state index in [9.17, 15) is 9.65 Å². The first kappa shape index (κ1) is 26.6. The standard InChI is InChI=1S/C29H28ClF2N7OS/c1-38-8-2-3-16(38)13-40-29-36-25-18(28(37-29)39-11-14-4-5-15(12-39)35-14)9-20(30)23(24(25)32)17-6-7-21(31)26-22(17)19(10-33)27(34)41-26/h6-7,9,14-16,35H,2-5,8,11-13,34H2,1H3/t14?,15?,16-/m0/s1. The summed E-state index contributed by atoms with van der Waals surface area (Å²) in [6.45, 7) is 2.86. The number of ether oxygens (including phenoxy) is 1. The quantitative estimate of drug-likeness (QED) is 0.320. The van der Waals surface area contributed by atoms with E-state index in [1.807, 2.05) is 6.07 Å². The smallest absolute Gasteiger partial charge is 0.319 e. The normalized spacial score (nSPS) is 22.6. The van der Waals surface area contributed by atoms with E-state index in [2.05, 4.69) is 27.1 Å². The fraction of sp³-hybridized carbons (Fsp3) is 0.414. The number of benzene rings is 2. The number of nitrogens with zero attached hydrogens (tertiary/aromatic N) is 5. The van der Waals surface area contributed by atoms with Crippen LogP contribution in [-0.2, 0) is 0 Å². The van der Waals surface area contributed by atoms with Crippen molar-refractivity contribution in [2.45, 2.75) is 43.8 Å². The van der Waals surface area contributed by atoms with Gasteiger partial charge in [-0.05, 0) is 57.0 Å². The zero-order valence-corrected chi connectivity index (χ0v) is 24.0. The molecule has 2 aromatic heterocycles. The minimum atomic E-state index is -0.682. The Balaban J connectivity index is 1.41. The van der Waals surface area contributed by atoms with Crippen LogP contribution in [0.3, 0.4) is 0 Å². The molecule has 41 heavy (non-hydrogen) atoms. The van der Waals surface area contributed by atoms with Crippen LogP contribution in [0.25, 0.3) is 32.1 Å². The van der Waals surface area contributed by atoms with Gasteiger partial charge in [-0.25, -0.2) is 8.78 Å². The second-order valence-corrected chi connectivity index (χ2v) is 12.6. The van der Waals surface area contributed by atoms with Crippen molar-refractivity contribution in [3.8, 4) is 23.2 Å². The summed E-state index contributed by atoms with van der Waals surface area (Å²) >= 11 is 7.76. The van der Waals surface area contributed by atoms with E-state index in [4.69, 9.17) is 27.1 Å². The van der Waals surface area contributed by atoms with Crippen LogP contribution in [-0.4, -0.2) is 66.3 Å². The Morgan fingerprint density at radius 2 is 2.00 bits per heavy atom. The predicted molar refractivity (Wildman–Crippen MR) is 158 cm³/mol. The molecule has 3 N–H and O–H groups in total. The number of hydrogen-bond acceptors (Lipinski definition) is 9. The monoisotopic (exact) mass is 595 g/mol. The van der Waals surface area contributed by atoms with Crippen molar-refractivity contribution >= 4 is 54.7 Å². The number of nitrogen functional groups attached to an aromatic ring is 1. The summed E-state index contributed by atoms with van der Waals surface area (Å²) in [6, 6.07) is 7.38. The number of nitrogens with two attached hydrogens (primary N) is 1. The van der Waals surface area contributed by atoms with Gasteiger partial charge < -0.3 is 25.6 Å². The second kappa shape index (κ2) is 10.2. The summed E-state index contributed by atoms with van der Waals surface area (Å²) in [6.07, 6.45) is 4.26. The number of likely N-dealkylation sites (N-methyl/N-ethyl adjacent to an activating group) is 1. The fourth-order valence-corrected chi connectivity index (χ4v) is 7.79. The van der Waals surface area contributed by atoms with Crippen molar-refractivity contribution in [1.82, 2.24) is 20.2 Å². The summed E-state index contributed by atoms with van der Waals surface area (Å²) < 4.78 is 37.8. The molecule has 8 nitrogen and oxygen atoms in total. The zero-order valence-electron chi connectivity index (χ0n) is 22.4. The van der Waals surface area contributed by atoms with Gasteiger partial charge in [0.25, 0.3) is 0 Å². The SMILES string of the molecule is CN1CCC[C@H]1COc1nc(N2CC3CCC(C2)N3)c2cc(Cl)c(-c3ccc(F)c4sc(N)c(C#N)c34)c(F)c2n1. The average molecular weight is 596 g/mol. The molecule has 0 radical (unpaired) electrons. The van der Waals surface area contributed by atoms with E-state index in [1.165, 1.54) is 12.1 Å². The predicted octanol–water partition coefficient (Wildman–Crippen LogP) is 5.31.